The third-order valence-electron chi connectivity index (χ3n) is 5.44. The maximum Gasteiger partial charge on any atom is 0.321 e. The van der Waals surface area contributed by atoms with E-state index in [0.29, 0.717) is 31.1 Å². The van der Waals surface area contributed by atoms with Crippen LogP contribution in [-0.2, 0) is 11.3 Å². The summed E-state index contributed by atoms with van der Waals surface area (Å²) in [6.45, 7) is 3.32. The fourth-order valence-corrected chi connectivity index (χ4v) is 3.68. The fourth-order valence-electron chi connectivity index (χ4n) is 3.68. The Morgan fingerprint density at radius 3 is 2.50 bits per heavy atom. The zero-order valence-electron chi connectivity index (χ0n) is 17.7. The van der Waals surface area contributed by atoms with Gasteiger partial charge in [-0.05, 0) is 49.6 Å². The lowest BCUT2D eigenvalue weighted by Gasteiger charge is -2.39. The fraction of sp³-hybridized carbons (Fsp3) is 0.391. The molecule has 3 rings (SSSR count). The molecule has 1 aliphatic heterocycles. The quantitative estimate of drug-likeness (QED) is 0.760. The summed E-state index contributed by atoms with van der Waals surface area (Å²) in [7, 11) is 3.20. The Morgan fingerprint density at radius 2 is 1.77 bits per heavy atom. The van der Waals surface area contributed by atoms with Crippen molar-refractivity contribution >= 4 is 17.6 Å². The van der Waals surface area contributed by atoms with Gasteiger partial charge >= 0.3 is 6.03 Å². The highest BCUT2D eigenvalue weighted by Crippen LogP contribution is 2.30. The first kappa shape index (κ1) is 21.5. The number of piperidine rings is 1. The zero-order chi connectivity index (χ0) is 21.6. The van der Waals surface area contributed by atoms with Crippen LogP contribution >= 0.6 is 0 Å². The summed E-state index contributed by atoms with van der Waals surface area (Å²) in [6, 6.07) is 14.6. The minimum absolute atomic E-state index is 0.0517. The van der Waals surface area contributed by atoms with Crippen molar-refractivity contribution in [2.45, 2.75) is 26.3 Å². The summed E-state index contributed by atoms with van der Waals surface area (Å²) in [5.41, 5.74) is 0.992. The Kier molecular flexibility index (Phi) is 6.82. The van der Waals surface area contributed by atoms with Gasteiger partial charge < -0.3 is 25.0 Å². The van der Waals surface area contributed by atoms with Gasteiger partial charge in [0, 0.05) is 31.4 Å². The number of nitrogens with one attached hydrogen (secondary N) is 2. The van der Waals surface area contributed by atoms with Crippen LogP contribution in [0.5, 0.6) is 11.5 Å². The number of likely N-dealkylation sites (tertiary alicyclic amines) is 1. The number of carbonyl (C=O) groups is 2. The molecule has 1 heterocycles. The van der Waals surface area contributed by atoms with Crippen molar-refractivity contribution in [3.8, 4) is 11.5 Å². The Balaban J connectivity index is 1.59. The minimum atomic E-state index is -0.636. The van der Waals surface area contributed by atoms with Crippen LogP contribution in [-0.4, -0.2) is 44.1 Å². The van der Waals surface area contributed by atoms with Crippen molar-refractivity contribution in [1.82, 2.24) is 10.2 Å². The van der Waals surface area contributed by atoms with Crippen LogP contribution in [0.15, 0.2) is 48.5 Å². The lowest BCUT2D eigenvalue weighted by molar-refractivity contribution is -0.132. The van der Waals surface area contributed by atoms with Crippen LogP contribution in [0.4, 0.5) is 10.5 Å². The standard InChI is InChI=1S/C23H29N3O4/c1-23(21(27)24-15-17-7-4-9-19(13-17)29-2)11-6-12-26(16-23)22(28)25-18-8-5-10-20(14-18)30-3/h4-5,7-10,13-14H,6,11-12,15-16H2,1-3H3,(H,24,27)(H,25,28). The Bertz CT molecular complexity index is 902. The van der Waals surface area contributed by atoms with E-state index in [4.69, 9.17) is 9.47 Å². The third-order valence-corrected chi connectivity index (χ3v) is 5.44. The van der Waals surface area contributed by atoms with Gasteiger partial charge in [0.15, 0.2) is 0 Å². The molecule has 1 atom stereocenters. The highest BCUT2D eigenvalue weighted by Gasteiger charge is 2.39. The molecule has 0 saturated carbocycles. The summed E-state index contributed by atoms with van der Waals surface area (Å²) in [5.74, 6) is 1.38. The third kappa shape index (κ3) is 5.23. The van der Waals surface area contributed by atoms with E-state index >= 15 is 0 Å². The molecule has 0 aromatic heterocycles. The maximum atomic E-state index is 12.9. The van der Waals surface area contributed by atoms with Crippen LogP contribution in [0.1, 0.15) is 25.3 Å². The van der Waals surface area contributed by atoms with Gasteiger partial charge in [-0.25, -0.2) is 4.79 Å². The molecule has 2 aromatic carbocycles. The van der Waals surface area contributed by atoms with Gasteiger partial charge in [0.2, 0.25) is 5.91 Å². The monoisotopic (exact) mass is 411 g/mol. The first-order chi connectivity index (χ1) is 14.4. The number of anilines is 1. The number of rotatable bonds is 6. The molecule has 1 aliphatic rings. The topological polar surface area (TPSA) is 79.9 Å². The Morgan fingerprint density at radius 1 is 1.07 bits per heavy atom. The SMILES string of the molecule is COc1cccc(CNC(=O)C2(C)CCCN(C(=O)Nc3cccc(OC)c3)C2)c1. The van der Waals surface area contributed by atoms with Crippen molar-refractivity contribution in [1.29, 1.82) is 0 Å². The predicted molar refractivity (Wildman–Crippen MR) is 116 cm³/mol. The number of hydrogen-bond acceptors (Lipinski definition) is 4. The average molecular weight is 412 g/mol. The summed E-state index contributed by atoms with van der Waals surface area (Å²) >= 11 is 0. The normalized spacial score (nSPS) is 18.4. The molecule has 1 fully saturated rings. The van der Waals surface area contributed by atoms with Crippen molar-refractivity contribution in [3.05, 3.63) is 54.1 Å². The van der Waals surface area contributed by atoms with Crippen molar-refractivity contribution in [2.24, 2.45) is 5.41 Å². The van der Waals surface area contributed by atoms with Gasteiger partial charge in [-0.3, -0.25) is 4.79 Å². The highest BCUT2D eigenvalue weighted by atomic mass is 16.5. The lowest BCUT2D eigenvalue weighted by atomic mass is 9.81. The van der Waals surface area contributed by atoms with Crippen LogP contribution in [0, 0.1) is 5.41 Å². The smallest absolute Gasteiger partial charge is 0.321 e. The van der Waals surface area contributed by atoms with Gasteiger partial charge in [0.05, 0.1) is 19.6 Å². The molecule has 1 unspecified atom stereocenters. The van der Waals surface area contributed by atoms with E-state index in [0.717, 1.165) is 24.2 Å². The number of methoxy groups -OCH3 is 2. The lowest BCUT2D eigenvalue weighted by Crippen LogP contribution is -2.52. The van der Waals surface area contributed by atoms with E-state index in [1.54, 1.807) is 25.2 Å². The van der Waals surface area contributed by atoms with Gasteiger partial charge in [0.25, 0.3) is 0 Å². The zero-order valence-corrected chi connectivity index (χ0v) is 17.7. The molecular weight excluding hydrogens is 382 g/mol. The maximum absolute atomic E-state index is 12.9. The molecule has 0 bridgehead atoms. The van der Waals surface area contributed by atoms with E-state index in [2.05, 4.69) is 10.6 Å². The molecule has 2 aromatic rings. The molecule has 30 heavy (non-hydrogen) atoms. The first-order valence-electron chi connectivity index (χ1n) is 10.0. The molecule has 7 nitrogen and oxygen atoms in total. The largest absolute Gasteiger partial charge is 0.497 e. The Hall–Kier alpha value is -3.22. The molecule has 1 saturated heterocycles. The van der Waals surface area contributed by atoms with Gasteiger partial charge in [-0.15, -0.1) is 0 Å². The number of benzene rings is 2. The molecular formula is C23H29N3O4. The molecule has 160 valence electrons. The van der Waals surface area contributed by atoms with E-state index in [-0.39, 0.29) is 11.9 Å². The van der Waals surface area contributed by atoms with Crippen molar-refractivity contribution < 1.29 is 19.1 Å². The molecule has 7 heteroatoms. The van der Waals surface area contributed by atoms with E-state index < -0.39 is 5.41 Å². The summed E-state index contributed by atoms with van der Waals surface area (Å²) < 4.78 is 10.4. The van der Waals surface area contributed by atoms with Crippen LogP contribution in [0.3, 0.4) is 0 Å². The van der Waals surface area contributed by atoms with Crippen LogP contribution < -0.4 is 20.1 Å². The van der Waals surface area contributed by atoms with Crippen molar-refractivity contribution in [2.75, 3.05) is 32.6 Å². The van der Waals surface area contributed by atoms with E-state index in [1.807, 2.05) is 49.4 Å². The number of amides is 3. The van der Waals surface area contributed by atoms with E-state index in [1.165, 1.54) is 0 Å². The minimum Gasteiger partial charge on any atom is -0.497 e. The van der Waals surface area contributed by atoms with Gasteiger partial charge in [-0.1, -0.05) is 18.2 Å². The number of nitrogens with zero attached hydrogens (tertiary/aromatic N) is 1. The second-order valence-electron chi connectivity index (χ2n) is 7.78. The first-order valence-corrected chi connectivity index (χ1v) is 10.0. The predicted octanol–water partition coefficient (Wildman–Crippen LogP) is 3.65. The van der Waals surface area contributed by atoms with E-state index in [9.17, 15) is 9.59 Å². The summed E-state index contributed by atoms with van der Waals surface area (Å²) in [5, 5.41) is 5.91. The van der Waals surface area contributed by atoms with Gasteiger partial charge in [0.1, 0.15) is 11.5 Å². The molecule has 3 amide bonds. The van der Waals surface area contributed by atoms with Crippen molar-refractivity contribution in [3.63, 3.8) is 0 Å². The number of ether oxygens (including phenoxy) is 2. The van der Waals surface area contributed by atoms with Crippen LogP contribution in [0.2, 0.25) is 0 Å². The Labute approximate surface area is 177 Å². The summed E-state index contributed by atoms with van der Waals surface area (Å²) in [4.78, 5) is 27.4. The molecule has 0 spiro atoms. The number of hydrogen-bond donors (Lipinski definition) is 2. The molecule has 0 radical (unpaired) electrons. The van der Waals surface area contributed by atoms with Gasteiger partial charge in [-0.2, -0.15) is 0 Å². The van der Waals surface area contributed by atoms with Crippen LogP contribution in [0.25, 0.3) is 0 Å². The summed E-state index contributed by atoms with van der Waals surface area (Å²) in [6.07, 6.45) is 1.51. The number of urea groups is 1. The number of carbonyl (C=O) groups excluding carboxylic acids is 2. The second-order valence-corrected chi connectivity index (χ2v) is 7.78. The molecule has 2 N–H and O–H groups in total. The average Bonchev–Trinajstić information content (AvgIpc) is 2.77. The highest BCUT2D eigenvalue weighted by molar-refractivity contribution is 5.90. The molecule has 0 aliphatic carbocycles. The second kappa shape index (κ2) is 9.52.